The molecule has 23 heavy (non-hydrogen) atoms. The van der Waals surface area contributed by atoms with Gasteiger partial charge in [0.05, 0.1) is 18.4 Å². The minimum absolute atomic E-state index is 0.0485. The Hall–Kier alpha value is -2.75. The minimum atomic E-state index is -0.0485. The van der Waals surface area contributed by atoms with Crippen LogP contribution >= 0.6 is 0 Å². The number of furan rings is 1. The Bertz CT molecular complexity index is 786. The highest BCUT2D eigenvalue weighted by molar-refractivity contribution is 5.95. The molecule has 0 fully saturated rings. The minimum Gasteiger partial charge on any atom is -0.467 e. The number of nitrogens with one attached hydrogen (secondary N) is 1. The second-order valence-corrected chi connectivity index (χ2v) is 5.62. The number of carbonyl (C=O) groups is 1. The van der Waals surface area contributed by atoms with Gasteiger partial charge in [-0.15, -0.1) is 0 Å². The van der Waals surface area contributed by atoms with Crippen LogP contribution in [0.2, 0.25) is 0 Å². The van der Waals surface area contributed by atoms with Gasteiger partial charge in [-0.25, -0.2) is 0 Å². The monoisotopic (exact) mass is 308 g/mol. The molecule has 1 aromatic carbocycles. The van der Waals surface area contributed by atoms with Gasteiger partial charge in [-0.05, 0) is 37.6 Å². The second kappa shape index (κ2) is 6.57. The summed E-state index contributed by atoms with van der Waals surface area (Å²) in [5.41, 5.74) is 3.79. The smallest absolute Gasteiger partial charge is 0.253 e. The molecule has 0 saturated carbocycles. The molecule has 0 bridgehead atoms. The summed E-state index contributed by atoms with van der Waals surface area (Å²) in [6.45, 7) is 5.13. The van der Waals surface area contributed by atoms with E-state index in [0.717, 1.165) is 22.7 Å². The second-order valence-electron chi connectivity index (χ2n) is 5.62. The Kier molecular flexibility index (Phi) is 4.33. The van der Waals surface area contributed by atoms with Gasteiger partial charge in [-0.3, -0.25) is 4.79 Å². The molecule has 0 spiro atoms. The first kappa shape index (κ1) is 15.2. The fourth-order valence-corrected chi connectivity index (χ4v) is 2.71. The highest BCUT2D eigenvalue weighted by atomic mass is 16.3. The first-order chi connectivity index (χ1) is 11.1. The SMILES string of the molecule is Cc1cc(C(=O)NCc2ccccc2)c(C)n1Cc1ccco1. The summed E-state index contributed by atoms with van der Waals surface area (Å²) in [5.74, 6) is 0.829. The molecule has 0 atom stereocenters. The lowest BCUT2D eigenvalue weighted by atomic mass is 10.2. The topological polar surface area (TPSA) is 47.2 Å². The van der Waals surface area contributed by atoms with Crippen molar-refractivity contribution in [2.75, 3.05) is 0 Å². The maximum Gasteiger partial charge on any atom is 0.253 e. The number of hydrogen-bond donors (Lipinski definition) is 1. The quantitative estimate of drug-likeness (QED) is 0.781. The van der Waals surface area contributed by atoms with Gasteiger partial charge in [-0.1, -0.05) is 30.3 Å². The number of aromatic nitrogens is 1. The fourth-order valence-electron chi connectivity index (χ4n) is 2.71. The molecule has 4 nitrogen and oxygen atoms in total. The van der Waals surface area contributed by atoms with Crippen LogP contribution in [0.5, 0.6) is 0 Å². The third-order valence-corrected chi connectivity index (χ3v) is 4.01. The number of nitrogens with zero attached hydrogens (tertiary/aromatic N) is 1. The van der Waals surface area contributed by atoms with E-state index in [-0.39, 0.29) is 5.91 Å². The van der Waals surface area contributed by atoms with Crippen LogP contribution in [0.1, 0.15) is 33.1 Å². The van der Waals surface area contributed by atoms with Crippen LogP contribution in [0.25, 0.3) is 0 Å². The van der Waals surface area contributed by atoms with Crippen LogP contribution in [-0.4, -0.2) is 10.5 Å². The van der Waals surface area contributed by atoms with Crippen molar-refractivity contribution >= 4 is 5.91 Å². The Morgan fingerprint density at radius 1 is 1.13 bits per heavy atom. The zero-order valence-corrected chi connectivity index (χ0v) is 13.4. The van der Waals surface area contributed by atoms with Crippen LogP contribution < -0.4 is 5.32 Å². The molecule has 0 radical (unpaired) electrons. The summed E-state index contributed by atoms with van der Waals surface area (Å²) in [4.78, 5) is 12.5. The van der Waals surface area contributed by atoms with Crippen LogP contribution in [0.3, 0.4) is 0 Å². The number of aryl methyl sites for hydroxylation is 1. The molecule has 0 aliphatic carbocycles. The molecule has 3 aromatic rings. The first-order valence-corrected chi connectivity index (χ1v) is 7.66. The molecule has 0 saturated heterocycles. The van der Waals surface area contributed by atoms with E-state index in [4.69, 9.17) is 4.42 Å². The standard InChI is InChI=1S/C19H20N2O2/c1-14-11-18(15(2)21(14)13-17-9-6-10-23-17)19(22)20-12-16-7-4-3-5-8-16/h3-11H,12-13H2,1-2H3,(H,20,22). The van der Waals surface area contributed by atoms with E-state index in [2.05, 4.69) is 9.88 Å². The van der Waals surface area contributed by atoms with Crippen molar-refractivity contribution in [1.29, 1.82) is 0 Å². The molecular formula is C19H20N2O2. The van der Waals surface area contributed by atoms with Crippen molar-refractivity contribution in [2.45, 2.75) is 26.9 Å². The number of amides is 1. The predicted molar refractivity (Wildman–Crippen MR) is 89.3 cm³/mol. The molecule has 4 heteroatoms. The summed E-state index contributed by atoms with van der Waals surface area (Å²) < 4.78 is 7.49. The Labute approximate surface area is 135 Å². The third kappa shape index (κ3) is 3.37. The van der Waals surface area contributed by atoms with Crippen molar-refractivity contribution in [3.63, 3.8) is 0 Å². The van der Waals surface area contributed by atoms with E-state index in [9.17, 15) is 4.79 Å². The van der Waals surface area contributed by atoms with Gasteiger partial charge < -0.3 is 14.3 Å². The van der Waals surface area contributed by atoms with Gasteiger partial charge in [0.1, 0.15) is 5.76 Å². The summed E-state index contributed by atoms with van der Waals surface area (Å²) in [5, 5.41) is 2.98. The average molecular weight is 308 g/mol. The molecule has 118 valence electrons. The van der Waals surface area contributed by atoms with Crippen LogP contribution in [0.15, 0.2) is 59.2 Å². The molecule has 0 aliphatic heterocycles. The first-order valence-electron chi connectivity index (χ1n) is 7.66. The molecule has 3 rings (SSSR count). The number of carbonyl (C=O) groups excluding carboxylic acids is 1. The van der Waals surface area contributed by atoms with Gasteiger partial charge in [0.25, 0.3) is 5.91 Å². The predicted octanol–water partition coefficient (Wildman–Crippen LogP) is 3.68. The van der Waals surface area contributed by atoms with Crippen LogP contribution in [0.4, 0.5) is 0 Å². The van der Waals surface area contributed by atoms with E-state index >= 15 is 0 Å². The molecule has 1 amide bonds. The Morgan fingerprint density at radius 3 is 2.61 bits per heavy atom. The normalized spacial score (nSPS) is 10.7. The summed E-state index contributed by atoms with van der Waals surface area (Å²) in [6.07, 6.45) is 1.66. The number of hydrogen-bond acceptors (Lipinski definition) is 2. The van der Waals surface area contributed by atoms with Gasteiger partial charge in [0.15, 0.2) is 0 Å². The van der Waals surface area contributed by atoms with Crippen LogP contribution in [0, 0.1) is 13.8 Å². The third-order valence-electron chi connectivity index (χ3n) is 4.01. The summed E-state index contributed by atoms with van der Waals surface area (Å²) >= 11 is 0. The summed E-state index contributed by atoms with van der Waals surface area (Å²) in [7, 11) is 0. The van der Waals surface area contributed by atoms with Gasteiger partial charge in [0.2, 0.25) is 0 Å². The Balaban J connectivity index is 1.73. The molecule has 2 aromatic heterocycles. The fraction of sp³-hybridized carbons (Fsp3) is 0.211. The van der Waals surface area contributed by atoms with E-state index in [1.54, 1.807) is 6.26 Å². The van der Waals surface area contributed by atoms with Crippen molar-refractivity contribution in [1.82, 2.24) is 9.88 Å². The lowest BCUT2D eigenvalue weighted by Gasteiger charge is -2.08. The van der Waals surface area contributed by atoms with Gasteiger partial charge in [0, 0.05) is 17.9 Å². The highest BCUT2D eigenvalue weighted by Gasteiger charge is 2.16. The van der Waals surface area contributed by atoms with Crippen molar-refractivity contribution in [2.24, 2.45) is 0 Å². The lowest BCUT2D eigenvalue weighted by Crippen LogP contribution is -2.23. The summed E-state index contributed by atoms with van der Waals surface area (Å²) in [6, 6.07) is 15.6. The van der Waals surface area contributed by atoms with E-state index in [1.807, 2.05) is 62.4 Å². The molecule has 0 unspecified atom stereocenters. The maximum absolute atomic E-state index is 12.5. The lowest BCUT2D eigenvalue weighted by molar-refractivity contribution is 0.0950. The van der Waals surface area contributed by atoms with Gasteiger partial charge >= 0.3 is 0 Å². The Morgan fingerprint density at radius 2 is 1.91 bits per heavy atom. The molecular weight excluding hydrogens is 288 g/mol. The zero-order valence-electron chi connectivity index (χ0n) is 13.4. The van der Waals surface area contributed by atoms with Crippen molar-refractivity contribution in [3.8, 4) is 0 Å². The average Bonchev–Trinajstić information content (AvgIpc) is 3.17. The molecule has 1 N–H and O–H groups in total. The number of benzene rings is 1. The van der Waals surface area contributed by atoms with Crippen molar-refractivity contribution in [3.05, 3.63) is 83.1 Å². The van der Waals surface area contributed by atoms with E-state index < -0.39 is 0 Å². The van der Waals surface area contributed by atoms with E-state index in [0.29, 0.717) is 18.7 Å². The zero-order chi connectivity index (χ0) is 16.2. The maximum atomic E-state index is 12.5. The van der Waals surface area contributed by atoms with E-state index in [1.165, 1.54) is 0 Å². The van der Waals surface area contributed by atoms with Gasteiger partial charge in [-0.2, -0.15) is 0 Å². The molecule has 0 aliphatic rings. The van der Waals surface area contributed by atoms with Crippen LogP contribution in [-0.2, 0) is 13.1 Å². The van der Waals surface area contributed by atoms with Crippen molar-refractivity contribution < 1.29 is 9.21 Å². The number of rotatable bonds is 5. The largest absolute Gasteiger partial charge is 0.467 e. The highest BCUT2D eigenvalue weighted by Crippen LogP contribution is 2.17. The molecule has 2 heterocycles.